The highest BCUT2D eigenvalue weighted by Gasteiger charge is 2.48. The first kappa shape index (κ1) is 15.0. The summed E-state index contributed by atoms with van der Waals surface area (Å²) in [6.45, 7) is 0.371. The molecule has 2 aliphatic rings. The van der Waals surface area contributed by atoms with Crippen LogP contribution in [0.5, 0.6) is 0 Å². The van der Waals surface area contributed by atoms with Gasteiger partial charge in [0.15, 0.2) is 6.10 Å². The van der Waals surface area contributed by atoms with Crippen LogP contribution in [0.3, 0.4) is 0 Å². The fraction of sp³-hybridized carbons (Fsp3) is 0.467. The van der Waals surface area contributed by atoms with Crippen molar-refractivity contribution in [3.63, 3.8) is 0 Å². The smallest absolute Gasteiger partial charge is 0.338 e. The van der Waals surface area contributed by atoms with Crippen LogP contribution in [0.15, 0.2) is 24.3 Å². The van der Waals surface area contributed by atoms with Gasteiger partial charge in [-0.05, 0) is 24.3 Å². The van der Waals surface area contributed by atoms with Crippen LogP contribution in [-0.4, -0.2) is 61.8 Å². The lowest BCUT2D eigenvalue weighted by atomic mass is 10.1. The van der Waals surface area contributed by atoms with Gasteiger partial charge in [0.2, 0.25) is 0 Å². The molecule has 22 heavy (non-hydrogen) atoms. The van der Waals surface area contributed by atoms with Crippen LogP contribution in [0.1, 0.15) is 20.7 Å². The lowest BCUT2D eigenvalue weighted by Crippen LogP contribution is -2.34. The molecule has 4 atom stereocenters. The fourth-order valence-corrected chi connectivity index (χ4v) is 2.61. The summed E-state index contributed by atoms with van der Waals surface area (Å²) < 4.78 is 20.7. The maximum Gasteiger partial charge on any atom is 0.338 e. The number of aliphatic hydroxyl groups is 1. The summed E-state index contributed by atoms with van der Waals surface area (Å²) >= 11 is 0. The molecule has 2 fully saturated rings. The molecule has 0 spiro atoms. The Bertz CT molecular complexity index is 568. The number of esters is 2. The summed E-state index contributed by atoms with van der Waals surface area (Å²) in [4.78, 5) is 23.4. The molecule has 0 amide bonds. The minimum Gasteiger partial charge on any atom is -0.465 e. The quantitative estimate of drug-likeness (QED) is 0.795. The van der Waals surface area contributed by atoms with Crippen molar-refractivity contribution < 1.29 is 33.6 Å². The molecular weight excluding hydrogens is 292 g/mol. The topological polar surface area (TPSA) is 91.3 Å². The molecule has 0 aromatic heterocycles. The minimum absolute atomic E-state index is 0.178. The van der Waals surface area contributed by atoms with E-state index >= 15 is 0 Å². The molecule has 0 bridgehead atoms. The Kier molecular flexibility index (Phi) is 4.10. The Balaban J connectivity index is 1.64. The summed E-state index contributed by atoms with van der Waals surface area (Å²) in [6.07, 6.45) is -2.12. The summed E-state index contributed by atoms with van der Waals surface area (Å²) in [5.74, 6) is -1.00. The SMILES string of the molecule is COC(=O)c1ccc(C(=O)O[C@@H]2COC3C2OC[C@@H]3O)cc1. The van der Waals surface area contributed by atoms with E-state index in [9.17, 15) is 14.7 Å². The van der Waals surface area contributed by atoms with Crippen molar-refractivity contribution in [3.8, 4) is 0 Å². The number of aliphatic hydroxyl groups excluding tert-OH is 1. The second kappa shape index (κ2) is 6.04. The fourth-order valence-electron chi connectivity index (χ4n) is 2.61. The van der Waals surface area contributed by atoms with Gasteiger partial charge in [0.25, 0.3) is 0 Å². The molecule has 7 nitrogen and oxygen atoms in total. The van der Waals surface area contributed by atoms with Crippen molar-refractivity contribution in [2.75, 3.05) is 20.3 Å². The third kappa shape index (κ3) is 2.70. The number of ether oxygens (including phenoxy) is 4. The van der Waals surface area contributed by atoms with E-state index in [-0.39, 0.29) is 13.2 Å². The number of fused-ring (bicyclic) bond motifs is 1. The van der Waals surface area contributed by atoms with E-state index in [0.717, 1.165) is 0 Å². The Morgan fingerprint density at radius 2 is 1.64 bits per heavy atom. The number of hydrogen-bond acceptors (Lipinski definition) is 7. The molecule has 1 aromatic carbocycles. The van der Waals surface area contributed by atoms with Gasteiger partial charge in [0.05, 0.1) is 31.5 Å². The zero-order valence-corrected chi connectivity index (χ0v) is 11.9. The Hall–Kier alpha value is -1.96. The van der Waals surface area contributed by atoms with E-state index in [1.165, 1.54) is 31.4 Å². The monoisotopic (exact) mass is 308 g/mol. The molecule has 0 radical (unpaired) electrons. The van der Waals surface area contributed by atoms with Crippen LogP contribution in [0, 0.1) is 0 Å². The Labute approximate surface area is 126 Å². The number of hydrogen-bond donors (Lipinski definition) is 1. The van der Waals surface area contributed by atoms with Gasteiger partial charge in [0, 0.05) is 0 Å². The summed E-state index contributed by atoms with van der Waals surface area (Å²) in [6, 6.07) is 5.97. The molecule has 1 aromatic rings. The lowest BCUT2D eigenvalue weighted by molar-refractivity contribution is -0.0209. The van der Waals surface area contributed by atoms with E-state index in [1.54, 1.807) is 0 Å². The molecule has 0 saturated carbocycles. The molecule has 3 rings (SSSR count). The van der Waals surface area contributed by atoms with Crippen LogP contribution in [0.4, 0.5) is 0 Å². The maximum absolute atomic E-state index is 12.1. The van der Waals surface area contributed by atoms with E-state index in [0.29, 0.717) is 11.1 Å². The minimum atomic E-state index is -0.687. The molecule has 2 heterocycles. The Morgan fingerprint density at radius 3 is 2.27 bits per heavy atom. The Morgan fingerprint density at radius 1 is 1.05 bits per heavy atom. The zero-order valence-electron chi connectivity index (χ0n) is 11.9. The molecule has 1 N–H and O–H groups in total. The molecule has 2 unspecified atom stereocenters. The van der Waals surface area contributed by atoms with E-state index in [2.05, 4.69) is 4.74 Å². The van der Waals surface area contributed by atoms with E-state index < -0.39 is 36.4 Å². The largest absolute Gasteiger partial charge is 0.465 e. The number of carbonyl (C=O) groups is 2. The zero-order chi connectivity index (χ0) is 15.7. The predicted octanol–water partition coefficient (Wildman–Crippen LogP) is 0.157. The molecular formula is C15H16O7. The van der Waals surface area contributed by atoms with Gasteiger partial charge in [-0.3, -0.25) is 0 Å². The standard InChI is InChI=1S/C15H16O7/c1-19-14(17)8-2-4-9(5-3-8)15(18)22-11-7-21-12-10(16)6-20-13(11)12/h2-5,10-13,16H,6-7H2,1H3/t10-,11+,12?,13?/m0/s1. The van der Waals surface area contributed by atoms with Crippen molar-refractivity contribution >= 4 is 11.9 Å². The van der Waals surface area contributed by atoms with Crippen molar-refractivity contribution in [2.24, 2.45) is 0 Å². The van der Waals surface area contributed by atoms with Crippen molar-refractivity contribution in [1.29, 1.82) is 0 Å². The van der Waals surface area contributed by atoms with Gasteiger partial charge in [0.1, 0.15) is 18.3 Å². The molecule has 2 aliphatic heterocycles. The second-order valence-corrected chi connectivity index (χ2v) is 5.18. The lowest BCUT2D eigenvalue weighted by Gasteiger charge is -2.16. The highest BCUT2D eigenvalue weighted by Crippen LogP contribution is 2.29. The highest BCUT2D eigenvalue weighted by molar-refractivity contribution is 5.93. The first-order valence-corrected chi connectivity index (χ1v) is 6.91. The van der Waals surface area contributed by atoms with E-state index in [1.807, 2.05) is 0 Å². The van der Waals surface area contributed by atoms with Gasteiger partial charge in [-0.15, -0.1) is 0 Å². The average Bonchev–Trinajstić information content (AvgIpc) is 3.11. The van der Waals surface area contributed by atoms with Crippen molar-refractivity contribution in [2.45, 2.75) is 24.4 Å². The van der Waals surface area contributed by atoms with Crippen LogP contribution < -0.4 is 0 Å². The summed E-state index contributed by atoms with van der Waals surface area (Å²) in [5, 5.41) is 9.64. The molecule has 118 valence electrons. The predicted molar refractivity (Wildman–Crippen MR) is 72.5 cm³/mol. The first-order valence-electron chi connectivity index (χ1n) is 6.91. The van der Waals surface area contributed by atoms with Gasteiger partial charge in [-0.2, -0.15) is 0 Å². The highest BCUT2D eigenvalue weighted by atomic mass is 16.6. The van der Waals surface area contributed by atoms with Crippen LogP contribution in [0.25, 0.3) is 0 Å². The molecule has 7 heteroatoms. The number of rotatable bonds is 3. The summed E-state index contributed by atoms with van der Waals surface area (Å²) in [7, 11) is 1.29. The second-order valence-electron chi connectivity index (χ2n) is 5.18. The van der Waals surface area contributed by atoms with Gasteiger partial charge < -0.3 is 24.1 Å². The van der Waals surface area contributed by atoms with Gasteiger partial charge in [-0.1, -0.05) is 0 Å². The normalized spacial score (nSPS) is 29.9. The van der Waals surface area contributed by atoms with Crippen molar-refractivity contribution in [3.05, 3.63) is 35.4 Å². The average molecular weight is 308 g/mol. The number of methoxy groups -OCH3 is 1. The maximum atomic E-state index is 12.1. The third-order valence-corrected chi connectivity index (χ3v) is 3.78. The van der Waals surface area contributed by atoms with E-state index in [4.69, 9.17) is 14.2 Å². The van der Waals surface area contributed by atoms with Crippen LogP contribution >= 0.6 is 0 Å². The summed E-state index contributed by atoms with van der Waals surface area (Å²) in [5.41, 5.74) is 0.667. The van der Waals surface area contributed by atoms with Gasteiger partial charge in [-0.25, -0.2) is 9.59 Å². The van der Waals surface area contributed by atoms with Crippen molar-refractivity contribution in [1.82, 2.24) is 0 Å². The third-order valence-electron chi connectivity index (χ3n) is 3.78. The first-order chi connectivity index (χ1) is 10.6. The number of carbonyl (C=O) groups excluding carboxylic acids is 2. The van der Waals surface area contributed by atoms with Crippen LogP contribution in [0.2, 0.25) is 0 Å². The molecule has 2 saturated heterocycles. The molecule has 0 aliphatic carbocycles. The number of benzene rings is 1. The van der Waals surface area contributed by atoms with Gasteiger partial charge >= 0.3 is 11.9 Å². The van der Waals surface area contributed by atoms with Crippen LogP contribution in [-0.2, 0) is 18.9 Å².